The quantitative estimate of drug-likeness (QED) is 0.394. The number of hydrogen-bond donors (Lipinski definition) is 0. The van der Waals surface area contributed by atoms with Crippen molar-refractivity contribution < 1.29 is 0 Å². The van der Waals surface area contributed by atoms with E-state index in [2.05, 4.69) is 58.2 Å². The molecule has 2 heteroatoms. The van der Waals surface area contributed by atoms with Gasteiger partial charge in [0.2, 0.25) is 0 Å². The van der Waals surface area contributed by atoms with Gasteiger partial charge in [-0.15, -0.1) is 0 Å². The lowest BCUT2D eigenvalue weighted by molar-refractivity contribution is 0.728. The smallest absolute Gasteiger partial charge is 0.0436 e. The number of hydrogen-bond acceptors (Lipinski definition) is 0. The van der Waals surface area contributed by atoms with Gasteiger partial charge in [-0.3, -0.25) is 0 Å². The van der Waals surface area contributed by atoms with Crippen molar-refractivity contribution in [2.45, 2.75) is 40.5 Å². The second-order valence-electron chi connectivity index (χ2n) is 3.02. The van der Waals surface area contributed by atoms with Crippen LogP contribution < -0.4 is 0 Å². The highest BCUT2D eigenvalue weighted by Crippen LogP contribution is 2.33. The van der Waals surface area contributed by atoms with Crippen molar-refractivity contribution in [2.75, 3.05) is 0 Å². The van der Waals surface area contributed by atoms with Crippen LogP contribution in [0.25, 0.3) is 0 Å². The maximum absolute atomic E-state index is 2.59. The second kappa shape index (κ2) is 5.04. The van der Waals surface area contributed by atoms with E-state index < -0.39 is 0 Å². The first kappa shape index (κ1) is 10.3. The van der Waals surface area contributed by atoms with E-state index in [1.807, 2.05) is 0 Å². The monoisotopic (exact) mass is 376 g/mol. The van der Waals surface area contributed by atoms with E-state index in [0.29, 0.717) is 0 Å². The van der Waals surface area contributed by atoms with E-state index in [-0.39, 0.29) is 0 Å². The molecule has 0 aromatic heterocycles. The van der Waals surface area contributed by atoms with Gasteiger partial charge < -0.3 is 0 Å². The molecule has 0 saturated heterocycles. The zero-order valence-corrected chi connectivity index (χ0v) is 11.1. The summed E-state index contributed by atoms with van der Waals surface area (Å²) in [7, 11) is 0. The molecule has 0 saturated carbocycles. The topological polar surface area (TPSA) is 0 Å². The first-order valence-corrected chi connectivity index (χ1v) is 6.72. The van der Waals surface area contributed by atoms with E-state index in [0.717, 1.165) is 7.85 Å². The minimum atomic E-state index is 0.807. The third kappa shape index (κ3) is 2.86. The summed E-state index contributed by atoms with van der Waals surface area (Å²) in [5.41, 5.74) is 1.69. The van der Waals surface area contributed by atoms with Crippen LogP contribution in [0, 0.1) is 0 Å². The van der Waals surface area contributed by atoms with Crippen LogP contribution in [0.1, 0.15) is 32.6 Å². The summed E-state index contributed by atoms with van der Waals surface area (Å²) in [6.45, 7) is 2.27. The van der Waals surface area contributed by atoms with Gasteiger partial charge in [-0.2, -0.15) is 0 Å². The summed E-state index contributed by atoms with van der Waals surface area (Å²) in [5, 5.41) is 0. The molecule has 0 nitrogen and oxygen atoms in total. The molecule has 2 atom stereocenters. The van der Waals surface area contributed by atoms with Crippen molar-refractivity contribution >= 4 is 45.2 Å². The van der Waals surface area contributed by atoms with Crippen molar-refractivity contribution in [3.05, 3.63) is 11.6 Å². The maximum Gasteiger partial charge on any atom is 0.0436 e. The highest BCUT2D eigenvalue weighted by Gasteiger charge is 2.21. The highest BCUT2D eigenvalue weighted by atomic mass is 127. The van der Waals surface area contributed by atoms with Crippen LogP contribution in [0.3, 0.4) is 0 Å². The second-order valence-corrected chi connectivity index (χ2v) is 5.97. The van der Waals surface area contributed by atoms with E-state index in [4.69, 9.17) is 0 Å². The van der Waals surface area contributed by atoms with Crippen molar-refractivity contribution in [1.29, 1.82) is 0 Å². The number of allylic oxidation sites excluding steroid dienone is 2. The van der Waals surface area contributed by atoms with Crippen LogP contribution in [-0.2, 0) is 0 Å². The maximum atomic E-state index is 2.59. The van der Waals surface area contributed by atoms with Gasteiger partial charge in [0.25, 0.3) is 0 Å². The Hall–Kier alpha value is 1.20. The Labute approximate surface area is 96.5 Å². The fourth-order valence-corrected chi connectivity index (χ4v) is 3.23. The average molecular weight is 376 g/mol. The molecule has 2 unspecified atom stereocenters. The largest absolute Gasteiger partial charge is 0.0839 e. The molecular formula is C9H14I2. The lowest BCUT2D eigenvalue weighted by Gasteiger charge is -2.24. The van der Waals surface area contributed by atoms with Gasteiger partial charge in [0.15, 0.2) is 0 Å². The van der Waals surface area contributed by atoms with Gasteiger partial charge >= 0.3 is 0 Å². The number of halogens is 2. The molecule has 1 aliphatic carbocycles. The molecule has 0 heterocycles. The zero-order chi connectivity index (χ0) is 8.27. The first-order chi connectivity index (χ1) is 5.25. The van der Waals surface area contributed by atoms with E-state index in [1.54, 1.807) is 5.57 Å². The molecular weight excluding hydrogens is 362 g/mol. The van der Waals surface area contributed by atoms with Crippen LogP contribution in [0.4, 0.5) is 0 Å². The third-order valence-electron chi connectivity index (χ3n) is 2.08. The fourth-order valence-electron chi connectivity index (χ4n) is 1.22. The summed E-state index contributed by atoms with van der Waals surface area (Å²) in [4.78, 5) is 0. The molecule has 0 aromatic carbocycles. The molecule has 1 rings (SSSR count). The number of alkyl halides is 2. The molecule has 0 bridgehead atoms. The standard InChI is InChI=1S/C9H14I2/c1-2-4-8(10)9(11)7-5-3-6-7/h5,8-9H,2-4,6H2,1H3. The predicted molar refractivity (Wildman–Crippen MR) is 67.8 cm³/mol. The summed E-state index contributed by atoms with van der Waals surface area (Å²) < 4.78 is 1.66. The number of rotatable bonds is 4. The Morgan fingerprint density at radius 3 is 2.55 bits per heavy atom. The van der Waals surface area contributed by atoms with Gasteiger partial charge in [0.1, 0.15) is 0 Å². The summed E-state index contributed by atoms with van der Waals surface area (Å²) in [6, 6.07) is 0. The fraction of sp³-hybridized carbons (Fsp3) is 0.778. The minimum Gasteiger partial charge on any atom is -0.0839 e. The zero-order valence-electron chi connectivity index (χ0n) is 6.82. The third-order valence-corrected chi connectivity index (χ3v) is 6.46. The van der Waals surface area contributed by atoms with Crippen molar-refractivity contribution in [3.8, 4) is 0 Å². The Morgan fingerprint density at radius 1 is 1.55 bits per heavy atom. The van der Waals surface area contributed by atoms with Gasteiger partial charge in [-0.1, -0.05) is 70.2 Å². The Morgan fingerprint density at radius 2 is 2.18 bits per heavy atom. The van der Waals surface area contributed by atoms with Crippen LogP contribution in [-0.4, -0.2) is 7.85 Å². The average Bonchev–Trinajstić information content (AvgIpc) is 1.84. The highest BCUT2D eigenvalue weighted by molar-refractivity contribution is 14.1. The molecule has 11 heavy (non-hydrogen) atoms. The van der Waals surface area contributed by atoms with E-state index >= 15 is 0 Å². The molecule has 1 aliphatic rings. The molecule has 0 spiro atoms. The van der Waals surface area contributed by atoms with Gasteiger partial charge in [0, 0.05) is 7.85 Å². The van der Waals surface area contributed by atoms with Crippen LogP contribution in [0.5, 0.6) is 0 Å². The van der Waals surface area contributed by atoms with Gasteiger partial charge in [0.05, 0.1) is 0 Å². The molecule has 0 radical (unpaired) electrons. The molecule has 0 fully saturated rings. The van der Waals surface area contributed by atoms with E-state index in [1.165, 1.54) is 25.7 Å². The molecule has 0 aromatic rings. The SMILES string of the molecule is CCCC(I)C(I)C1=CCC1. The van der Waals surface area contributed by atoms with Crippen LogP contribution >= 0.6 is 45.2 Å². The van der Waals surface area contributed by atoms with Crippen molar-refractivity contribution in [1.82, 2.24) is 0 Å². The Balaban J connectivity index is 2.33. The predicted octanol–water partition coefficient (Wildman–Crippen LogP) is 4.11. The van der Waals surface area contributed by atoms with E-state index in [9.17, 15) is 0 Å². The lowest BCUT2D eigenvalue weighted by atomic mass is 9.94. The first-order valence-electron chi connectivity index (χ1n) is 4.22. The van der Waals surface area contributed by atoms with Crippen LogP contribution in [0.2, 0.25) is 0 Å². The molecule has 0 N–H and O–H groups in total. The van der Waals surface area contributed by atoms with Crippen molar-refractivity contribution in [2.24, 2.45) is 0 Å². The normalized spacial score (nSPS) is 21.9. The summed E-state index contributed by atoms with van der Waals surface area (Å²) in [5.74, 6) is 0. The summed E-state index contributed by atoms with van der Waals surface area (Å²) in [6.07, 6.45) is 7.77. The summed E-state index contributed by atoms with van der Waals surface area (Å²) >= 11 is 5.18. The Bertz CT molecular complexity index is 152. The van der Waals surface area contributed by atoms with Crippen LogP contribution in [0.15, 0.2) is 11.6 Å². The minimum absolute atomic E-state index is 0.807. The molecule has 0 amide bonds. The molecule has 0 aliphatic heterocycles. The Kier molecular flexibility index (Phi) is 4.71. The molecule has 64 valence electrons. The van der Waals surface area contributed by atoms with Gasteiger partial charge in [-0.25, -0.2) is 0 Å². The lowest BCUT2D eigenvalue weighted by Crippen LogP contribution is -2.19. The van der Waals surface area contributed by atoms with Crippen molar-refractivity contribution in [3.63, 3.8) is 0 Å². The van der Waals surface area contributed by atoms with Gasteiger partial charge in [-0.05, 0) is 19.3 Å².